The van der Waals surface area contributed by atoms with Crippen LogP contribution in [0.1, 0.15) is 17.5 Å². The van der Waals surface area contributed by atoms with E-state index in [-0.39, 0.29) is 5.54 Å². The molecule has 1 aromatic carbocycles. The number of fused-ring (bicyclic) bond motifs is 1. The summed E-state index contributed by atoms with van der Waals surface area (Å²) in [6, 6.07) is 8.70. The van der Waals surface area contributed by atoms with E-state index in [2.05, 4.69) is 53.9 Å². The van der Waals surface area contributed by atoms with Crippen LogP contribution < -0.4 is 5.32 Å². The zero-order valence-electron chi connectivity index (χ0n) is 9.03. The Kier molecular flexibility index (Phi) is 1.46. The van der Waals surface area contributed by atoms with Gasteiger partial charge in [-0.25, -0.2) is 0 Å². The summed E-state index contributed by atoms with van der Waals surface area (Å²) in [5.41, 5.74) is 5.69. The Morgan fingerprint density at radius 2 is 2.12 bits per heavy atom. The third-order valence-electron chi connectivity index (χ3n) is 3.87. The van der Waals surface area contributed by atoms with Crippen LogP contribution in [0.4, 0.5) is 0 Å². The van der Waals surface area contributed by atoms with E-state index in [9.17, 15) is 0 Å². The van der Waals surface area contributed by atoms with Crippen LogP contribution in [0.2, 0.25) is 0 Å². The van der Waals surface area contributed by atoms with Crippen molar-refractivity contribution >= 4 is 6.08 Å². The first-order valence-electron chi connectivity index (χ1n) is 5.84. The molecule has 0 radical (unpaired) electrons. The number of hydrogen-bond acceptors (Lipinski definition) is 1. The molecule has 1 atom stereocenters. The second kappa shape index (κ2) is 2.74. The second-order valence-electron chi connectivity index (χ2n) is 4.67. The fourth-order valence-electron chi connectivity index (χ4n) is 3.18. The van der Waals surface area contributed by atoms with E-state index in [1.54, 1.807) is 0 Å². The molecule has 3 aliphatic rings. The van der Waals surface area contributed by atoms with Gasteiger partial charge >= 0.3 is 0 Å². The number of benzene rings is 1. The van der Waals surface area contributed by atoms with Gasteiger partial charge in [0.2, 0.25) is 0 Å². The molecule has 78 valence electrons. The van der Waals surface area contributed by atoms with Crippen molar-refractivity contribution in [2.24, 2.45) is 0 Å². The van der Waals surface area contributed by atoms with Gasteiger partial charge in [0.1, 0.15) is 0 Å². The number of rotatable bonds is 0. The van der Waals surface area contributed by atoms with Crippen LogP contribution in [0.25, 0.3) is 6.08 Å². The molecule has 1 saturated heterocycles. The van der Waals surface area contributed by atoms with E-state index in [0.29, 0.717) is 0 Å². The summed E-state index contributed by atoms with van der Waals surface area (Å²) in [4.78, 5) is 0. The van der Waals surface area contributed by atoms with Gasteiger partial charge in [0.05, 0.1) is 5.54 Å². The first-order valence-corrected chi connectivity index (χ1v) is 5.84. The molecule has 1 nitrogen and oxygen atoms in total. The van der Waals surface area contributed by atoms with Crippen LogP contribution in [0.5, 0.6) is 0 Å². The lowest BCUT2D eigenvalue weighted by atomic mass is 9.74. The predicted molar refractivity (Wildman–Crippen MR) is 65.9 cm³/mol. The van der Waals surface area contributed by atoms with Crippen molar-refractivity contribution in [3.63, 3.8) is 0 Å². The lowest BCUT2D eigenvalue weighted by Crippen LogP contribution is -2.37. The monoisotopic (exact) mass is 207 g/mol. The van der Waals surface area contributed by atoms with E-state index in [0.717, 1.165) is 13.0 Å². The molecular weight excluding hydrogens is 194 g/mol. The maximum Gasteiger partial charge on any atom is 0.0886 e. The van der Waals surface area contributed by atoms with Gasteiger partial charge in [-0.2, -0.15) is 0 Å². The Balaban J connectivity index is 2.10. The summed E-state index contributed by atoms with van der Waals surface area (Å²) < 4.78 is 0. The summed E-state index contributed by atoms with van der Waals surface area (Å²) in [5.74, 6) is 0. The first-order chi connectivity index (χ1) is 7.90. The zero-order valence-corrected chi connectivity index (χ0v) is 9.03. The Morgan fingerprint density at radius 3 is 3.12 bits per heavy atom. The number of hydrogen-bond donors (Lipinski definition) is 1. The van der Waals surface area contributed by atoms with Gasteiger partial charge in [-0.1, -0.05) is 42.5 Å². The Labute approximate surface area is 95.2 Å². The number of allylic oxidation sites excluding steroid dienone is 2. The van der Waals surface area contributed by atoms with Gasteiger partial charge in [-0.15, -0.1) is 0 Å². The molecule has 0 amide bonds. The van der Waals surface area contributed by atoms with E-state index in [1.807, 2.05) is 0 Å². The van der Waals surface area contributed by atoms with E-state index >= 15 is 0 Å². The minimum absolute atomic E-state index is 0.0150. The molecule has 1 N–H and O–H groups in total. The average Bonchev–Trinajstić information content (AvgIpc) is 2.63. The molecule has 1 fully saturated rings. The fourth-order valence-corrected chi connectivity index (χ4v) is 3.18. The lowest BCUT2D eigenvalue weighted by Gasteiger charge is -2.34. The molecule has 1 heterocycles. The minimum atomic E-state index is -0.0150. The molecular formula is C15H13N. The van der Waals surface area contributed by atoms with Crippen LogP contribution in [0, 0.1) is 0 Å². The summed E-state index contributed by atoms with van der Waals surface area (Å²) in [5, 5.41) is 3.67. The molecule has 16 heavy (non-hydrogen) atoms. The molecule has 1 aliphatic heterocycles. The maximum absolute atomic E-state index is 3.67. The number of nitrogens with one attached hydrogen (secondary N) is 1. The highest BCUT2D eigenvalue weighted by molar-refractivity contribution is 5.75. The SMILES string of the molecule is C1=CC23NCC(=Cc4ccccc42)C3=CC1. The summed E-state index contributed by atoms with van der Waals surface area (Å²) in [7, 11) is 0. The van der Waals surface area contributed by atoms with Gasteiger partial charge in [0.15, 0.2) is 0 Å². The van der Waals surface area contributed by atoms with Crippen LogP contribution >= 0.6 is 0 Å². The minimum Gasteiger partial charge on any atom is -0.296 e. The lowest BCUT2D eigenvalue weighted by molar-refractivity contribution is 0.558. The zero-order chi connectivity index (χ0) is 10.6. The topological polar surface area (TPSA) is 12.0 Å². The van der Waals surface area contributed by atoms with E-state index < -0.39 is 0 Å². The normalized spacial score (nSPS) is 29.2. The van der Waals surface area contributed by atoms with Crippen LogP contribution in [-0.2, 0) is 5.54 Å². The third kappa shape index (κ3) is 0.856. The van der Waals surface area contributed by atoms with Crippen molar-refractivity contribution < 1.29 is 0 Å². The van der Waals surface area contributed by atoms with Gasteiger partial charge in [0.25, 0.3) is 0 Å². The van der Waals surface area contributed by atoms with Crippen LogP contribution in [0.15, 0.2) is 53.6 Å². The van der Waals surface area contributed by atoms with E-state index in [4.69, 9.17) is 0 Å². The largest absolute Gasteiger partial charge is 0.296 e. The van der Waals surface area contributed by atoms with Crippen LogP contribution in [-0.4, -0.2) is 6.54 Å². The highest BCUT2D eigenvalue weighted by Gasteiger charge is 2.44. The Bertz CT molecular complexity index is 563. The Hall–Kier alpha value is -1.60. The van der Waals surface area contributed by atoms with Crippen molar-refractivity contribution in [2.45, 2.75) is 12.0 Å². The predicted octanol–water partition coefficient (Wildman–Crippen LogP) is 2.77. The first kappa shape index (κ1) is 8.54. The van der Waals surface area contributed by atoms with Crippen molar-refractivity contribution in [1.29, 1.82) is 0 Å². The average molecular weight is 207 g/mol. The van der Waals surface area contributed by atoms with Crippen molar-refractivity contribution in [1.82, 2.24) is 5.32 Å². The Morgan fingerprint density at radius 1 is 1.19 bits per heavy atom. The summed E-state index contributed by atoms with van der Waals surface area (Å²) >= 11 is 0. The van der Waals surface area contributed by atoms with Crippen molar-refractivity contribution in [3.8, 4) is 0 Å². The quantitative estimate of drug-likeness (QED) is 0.645. The molecule has 0 spiro atoms. The molecule has 1 heteroatoms. The summed E-state index contributed by atoms with van der Waals surface area (Å²) in [6.07, 6.45) is 10.4. The van der Waals surface area contributed by atoms with Gasteiger partial charge in [-0.3, -0.25) is 5.32 Å². The molecule has 4 rings (SSSR count). The highest BCUT2D eigenvalue weighted by Crippen LogP contribution is 2.47. The molecule has 2 aliphatic carbocycles. The molecule has 1 aromatic rings. The molecule has 1 unspecified atom stereocenters. The van der Waals surface area contributed by atoms with E-state index in [1.165, 1.54) is 22.3 Å². The maximum atomic E-state index is 3.67. The standard InChI is InChI=1S/C15H13N/c1-2-6-13-11(5-1)9-12-10-16-15(13)8-4-3-7-14(12)15/h1-2,4-9,16H,3,10H2. The van der Waals surface area contributed by atoms with Crippen LogP contribution in [0.3, 0.4) is 0 Å². The molecule has 0 aromatic heterocycles. The van der Waals surface area contributed by atoms with Gasteiger partial charge in [-0.05, 0) is 34.8 Å². The van der Waals surface area contributed by atoms with Crippen molar-refractivity contribution in [3.05, 3.63) is 64.8 Å². The smallest absolute Gasteiger partial charge is 0.0886 e. The fraction of sp³-hybridized carbons (Fsp3) is 0.200. The summed E-state index contributed by atoms with van der Waals surface area (Å²) in [6.45, 7) is 0.991. The third-order valence-corrected chi connectivity index (χ3v) is 3.87. The second-order valence-corrected chi connectivity index (χ2v) is 4.67. The van der Waals surface area contributed by atoms with Gasteiger partial charge in [0, 0.05) is 6.54 Å². The molecule has 2 bridgehead atoms. The molecule has 0 saturated carbocycles. The van der Waals surface area contributed by atoms with Crippen molar-refractivity contribution in [2.75, 3.05) is 6.54 Å². The van der Waals surface area contributed by atoms with Gasteiger partial charge < -0.3 is 0 Å². The highest BCUT2D eigenvalue weighted by atomic mass is 15.0.